The molecular formula is C13H16N4O2S. The molecule has 1 aromatic carbocycles. The van der Waals surface area contributed by atoms with E-state index in [9.17, 15) is 4.79 Å². The van der Waals surface area contributed by atoms with Crippen LogP contribution in [0.15, 0.2) is 24.3 Å². The van der Waals surface area contributed by atoms with E-state index in [1.165, 1.54) is 16.2 Å². The van der Waals surface area contributed by atoms with Gasteiger partial charge in [0.2, 0.25) is 10.1 Å². The number of ether oxygens (including phenoxy) is 1. The van der Waals surface area contributed by atoms with Gasteiger partial charge in [-0.3, -0.25) is 4.79 Å². The minimum absolute atomic E-state index is 0.212. The molecule has 0 atom stereocenters. The first-order chi connectivity index (χ1) is 9.67. The molecule has 20 heavy (non-hydrogen) atoms. The van der Waals surface area contributed by atoms with Gasteiger partial charge < -0.3 is 15.0 Å². The molecule has 1 aromatic heterocycles. The maximum atomic E-state index is 12.4. The lowest BCUT2D eigenvalue weighted by molar-refractivity contribution is 0.0991. The third kappa shape index (κ3) is 2.88. The number of rotatable bonds is 5. The topological polar surface area (TPSA) is 67.4 Å². The number of hydrogen-bond acceptors (Lipinski definition) is 6. The Morgan fingerprint density at radius 2 is 2.15 bits per heavy atom. The molecule has 0 fully saturated rings. The monoisotopic (exact) mass is 292 g/mol. The zero-order chi connectivity index (χ0) is 14.5. The second-order valence-electron chi connectivity index (χ2n) is 3.98. The molecule has 1 amide bonds. The highest BCUT2D eigenvalue weighted by atomic mass is 32.1. The van der Waals surface area contributed by atoms with Crippen molar-refractivity contribution < 1.29 is 9.53 Å². The van der Waals surface area contributed by atoms with Crippen LogP contribution in [-0.4, -0.2) is 36.8 Å². The van der Waals surface area contributed by atoms with Crippen molar-refractivity contribution in [2.24, 2.45) is 0 Å². The van der Waals surface area contributed by atoms with Crippen molar-refractivity contribution in [3.63, 3.8) is 0 Å². The van der Waals surface area contributed by atoms with Crippen molar-refractivity contribution in [1.29, 1.82) is 0 Å². The Labute approximate surface area is 121 Å². The number of carbonyl (C=O) groups excluding carboxylic acids is 1. The van der Waals surface area contributed by atoms with Crippen LogP contribution in [0.25, 0.3) is 0 Å². The van der Waals surface area contributed by atoms with E-state index in [4.69, 9.17) is 4.74 Å². The first kappa shape index (κ1) is 14.3. The summed E-state index contributed by atoms with van der Waals surface area (Å²) in [4.78, 5) is 13.9. The molecule has 0 aliphatic heterocycles. The number of para-hydroxylation sites is 2. The Morgan fingerprint density at radius 3 is 2.85 bits per heavy atom. The van der Waals surface area contributed by atoms with Crippen molar-refractivity contribution in [2.75, 3.05) is 30.9 Å². The predicted molar refractivity (Wildman–Crippen MR) is 79.8 cm³/mol. The molecule has 0 unspecified atom stereocenters. The van der Waals surface area contributed by atoms with Gasteiger partial charge in [0, 0.05) is 13.6 Å². The third-order valence-corrected chi connectivity index (χ3v) is 3.56. The SMILES string of the molecule is CCNc1nnc(C(=O)N(C)c2ccccc2OC)s1. The van der Waals surface area contributed by atoms with Gasteiger partial charge in [0.25, 0.3) is 5.91 Å². The van der Waals surface area contributed by atoms with Gasteiger partial charge in [-0.15, -0.1) is 10.2 Å². The molecular weight excluding hydrogens is 276 g/mol. The standard InChI is InChI=1S/C13H16N4O2S/c1-4-14-13-16-15-11(20-13)12(18)17(2)9-7-5-6-8-10(9)19-3/h5-8H,4H2,1-3H3,(H,14,16). The first-order valence-corrected chi connectivity index (χ1v) is 6.97. The fourth-order valence-electron chi connectivity index (χ4n) is 1.69. The molecule has 0 saturated carbocycles. The number of methoxy groups -OCH3 is 1. The quantitative estimate of drug-likeness (QED) is 0.915. The average Bonchev–Trinajstić information content (AvgIpc) is 2.94. The van der Waals surface area contributed by atoms with Crippen LogP contribution < -0.4 is 15.0 Å². The summed E-state index contributed by atoms with van der Waals surface area (Å²) in [6, 6.07) is 7.34. The van der Waals surface area contributed by atoms with Gasteiger partial charge in [-0.1, -0.05) is 23.5 Å². The molecule has 0 bridgehead atoms. The van der Waals surface area contributed by atoms with Crippen LogP contribution in [0.5, 0.6) is 5.75 Å². The third-order valence-electron chi connectivity index (χ3n) is 2.69. The number of anilines is 2. The second-order valence-corrected chi connectivity index (χ2v) is 4.96. The number of carbonyl (C=O) groups is 1. The molecule has 2 aromatic rings. The minimum atomic E-state index is -0.212. The summed E-state index contributed by atoms with van der Waals surface area (Å²) in [5.41, 5.74) is 0.695. The molecule has 6 nitrogen and oxygen atoms in total. The fraction of sp³-hybridized carbons (Fsp3) is 0.308. The van der Waals surface area contributed by atoms with Crippen LogP contribution in [0.3, 0.4) is 0 Å². The van der Waals surface area contributed by atoms with Gasteiger partial charge in [0.05, 0.1) is 12.8 Å². The van der Waals surface area contributed by atoms with Crippen LogP contribution >= 0.6 is 11.3 Å². The van der Waals surface area contributed by atoms with E-state index in [-0.39, 0.29) is 5.91 Å². The van der Waals surface area contributed by atoms with Crippen molar-refractivity contribution in [1.82, 2.24) is 10.2 Å². The minimum Gasteiger partial charge on any atom is -0.495 e. The Morgan fingerprint density at radius 1 is 1.40 bits per heavy atom. The number of amides is 1. The Kier molecular flexibility index (Phi) is 4.52. The zero-order valence-corrected chi connectivity index (χ0v) is 12.4. The lowest BCUT2D eigenvalue weighted by atomic mass is 10.2. The Hall–Kier alpha value is -2.15. The highest BCUT2D eigenvalue weighted by Gasteiger charge is 2.20. The van der Waals surface area contributed by atoms with E-state index in [0.717, 1.165) is 6.54 Å². The van der Waals surface area contributed by atoms with E-state index in [2.05, 4.69) is 15.5 Å². The molecule has 0 aliphatic carbocycles. The summed E-state index contributed by atoms with van der Waals surface area (Å²) in [5.74, 6) is 0.427. The normalized spacial score (nSPS) is 10.2. The molecule has 7 heteroatoms. The molecule has 106 valence electrons. The van der Waals surface area contributed by atoms with E-state index < -0.39 is 0 Å². The average molecular weight is 292 g/mol. The largest absolute Gasteiger partial charge is 0.495 e. The Bertz CT molecular complexity index is 600. The van der Waals surface area contributed by atoms with E-state index in [0.29, 0.717) is 21.6 Å². The highest BCUT2D eigenvalue weighted by molar-refractivity contribution is 7.17. The Balaban J connectivity index is 2.23. The summed E-state index contributed by atoms with van der Waals surface area (Å²) in [6.07, 6.45) is 0. The molecule has 0 saturated heterocycles. The summed E-state index contributed by atoms with van der Waals surface area (Å²) in [7, 11) is 3.26. The van der Waals surface area contributed by atoms with Gasteiger partial charge in [-0.05, 0) is 19.1 Å². The van der Waals surface area contributed by atoms with E-state index >= 15 is 0 Å². The maximum Gasteiger partial charge on any atom is 0.289 e. The van der Waals surface area contributed by atoms with Gasteiger partial charge in [-0.25, -0.2) is 0 Å². The van der Waals surface area contributed by atoms with Crippen molar-refractivity contribution in [3.05, 3.63) is 29.3 Å². The molecule has 0 spiro atoms. The second kappa shape index (κ2) is 6.33. The number of benzene rings is 1. The summed E-state index contributed by atoms with van der Waals surface area (Å²) in [6.45, 7) is 2.70. The van der Waals surface area contributed by atoms with Gasteiger partial charge in [0.1, 0.15) is 5.75 Å². The van der Waals surface area contributed by atoms with Crippen LogP contribution in [-0.2, 0) is 0 Å². The number of nitrogens with zero attached hydrogens (tertiary/aromatic N) is 3. The molecule has 2 rings (SSSR count). The summed E-state index contributed by atoms with van der Waals surface area (Å²) < 4.78 is 5.26. The van der Waals surface area contributed by atoms with Gasteiger partial charge >= 0.3 is 0 Å². The van der Waals surface area contributed by atoms with E-state index in [1.807, 2.05) is 31.2 Å². The molecule has 0 aliphatic rings. The molecule has 1 heterocycles. The number of aromatic nitrogens is 2. The van der Waals surface area contributed by atoms with Crippen molar-refractivity contribution in [3.8, 4) is 5.75 Å². The lowest BCUT2D eigenvalue weighted by Crippen LogP contribution is -2.26. The van der Waals surface area contributed by atoms with Crippen LogP contribution in [0.4, 0.5) is 10.8 Å². The number of hydrogen-bond donors (Lipinski definition) is 1. The van der Waals surface area contributed by atoms with Crippen LogP contribution in [0, 0.1) is 0 Å². The predicted octanol–water partition coefficient (Wildman–Crippen LogP) is 2.26. The molecule has 0 radical (unpaired) electrons. The van der Waals surface area contributed by atoms with Crippen LogP contribution in [0.1, 0.15) is 16.7 Å². The number of nitrogens with one attached hydrogen (secondary N) is 1. The summed E-state index contributed by atoms with van der Waals surface area (Å²) in [5, 5.41) is 11.9. The van der Waals surface area contributed by atoms with Crippen molar-refractivity contribution >= 4 is 28.1 Å². The maximum absolute atomic E-state index is 12.4. The first-order valence-electron chi connectivity index (χ1n) is 6.15. The summed E-state index contributed by atoms with van der Waals surface area (Å²) >= 11 is 1.24. The fourth-order valence-corrected chi connectivity index (χ4v) is 2.48. The van der Waals surface area contributed by atoms with Crippen molar-refractivity contribution in [2.45, 2.75) is 6.92 Å². The molecule has 1 N–H and O–H groups in total. The highest BCUT2D eigenvalue weighted by Crippen LogP contribution is 2.28. The van der Waals surface area contributed by atoms with Gasteiger partial charge in [0.15, 0.2) is 0 Å². The zero-order valence-electron chi connectivity index (χ0n) is 11.6. The lowest BCUT2D eigenvalue weighted by Gasteiger charge is -2.18. The van der Waals surface area contributed by atoms with Crippen LogP contribution in [0.2, 0.25) is 0 Å². The van der Waals surface area contributed by atoms with E-state index in [1.54, 1.807) is 14.2 Å². The smallest absolute Gasteiger partial charge is 0.289 e. The van der Waals surface area contributed by atoms with Gasteiger partial charge in [-0.2, -0.15) is 0 Å².